The van der Waals surface area contributed by atoms with Crippen molar-refractivity contribution in [3.8, 4) is 0 Å². The van der Waals surface area contributed by atoms with Crippen LogP contribution in [0.3, 0.4) is 0 Å². The molecular weight excluding hydrogens is 276 g/mol. The van der Waals surface area contributed by atoms with Crippen LogP contribution in [0.1, 0.15) is 19.8 Å². The predicted molar refractivity (Wildman–Crippen MR) is 77.0 cm³/mol. The molecule has 2 rings (SSSR count). The van der Waals surface area contributed by atoms with Crippen molar-refractivity contribution in [3.63, 3.8) is 0 Å². The van der Waals surface area contributed by atoms with Crippen molar-refractivity contribution in [2.45, 2.75) is 30.2 Å². The minimum Gasteiger partial charge on any atom is -0.369 e. The molecule has 0 bridgehead atoms. The van der Waals surface area contributed by atoms with Crippen LogP contribution in [0.2, 0.25) is 0 Å². The Balaban J connectivity index is 1.88. The first kappa shape index (κ1) is 14.9. The van der Waals surface area contributed by atoms with E-state index in [4.69, 9.17) is 5.73 Å². The molecule has 0 saturated carbocycles. The van der Waals surface area contributed by atoms with Crippen LogP contribution in [0.25, 0.3) is 0 Å². The highest BCUT2D eigenvalue weighted by Gasteiger charge is 2.29. The van der Waals surface area contributed by atoms with Gasteiger partial charge in [-0.1, -0.05) is 11.8 Å². The minimum absolute atomic E-state index is 0.0865. The Kier molecular flexibility index (Phi) is 4.69. The third kappa shape index (κ3) is 3.33. The summed E-state index contributed by atoms with van der Waals surface area (Å²) >= 11 is 1.45. The highest BCUT2D eigenvalue weighted by atomic mass is 32.2. The van der Waals surface area contributed by atoms with E-state index in [1.165, 1.54) is 11.8 Å². The molecule has 7 heteroatoms. The zero-order chi connectivity index (χ0) is 14.7. The molecule has 1 saturated heterocycles. The Morgan fingerprint density at radius 3 is 2.60 bits per heavy atom. The first-order chi connectivity index (χ1) is 9.49. The van der Waals surface area contributed by atoms with Gasteiger partial charge in [0.1, 0.15) is 0 Å². The van der Waals surface area contributed by atoms with Crippen LogP contribution >= 0.6 is 11.8 Å². The van der Waals surface area contributed by atoms with Gasteiger partial charge in [0, 0.05) is 38.4 Å². The molecule has 2 heterocycles. The number of likely N-dealkylation sites (tertiary alicyclic amines) is 1. The van der Waals surface area contributed by atoms with Crippen molar-refractivity contribution in [2.75, 3.05) is 13.1 Å². The highest BCUT2D eigenvalue weighted by molar-refractivity contribution is 8.00. The molecule has 20 heavy (non-hydrogen) atoms. The fourth-order valence-corrected chi connectivity index (χ4v) is 3.23. The molecule has 1 aromatic rings. The maximum atomic E-state index is 12.4. The van der Waals surface area contributed by atoms with E-state index in [9.17, 15) is 9.59 Å². The maximum absolute atomic E-state index is 12.4. The Morgan fingerprint density at radius 1 is 1.45 bits per heavy atom. The summed E-state index contributed by atoms with van der Waals surface area (Å²) < 4.78 is 1.90. The molecule has 6 nitrogen and oxygen atoms in total. The number of rotatable bonds is 4. The van der Waals surface area contributed by atoms with E-state index >= 15 is 0 Å². The number of aromatic nitrogens is 2. The molecule has 1 aliphatic heterocycles. The van der Waals surface area contributed by atoms with Crippen LogP contribution in [-0.4, -0.2) is 44.6 Å². The summed E-state index contributed by atoms with van der Waals surface area (Å²) in [6.07, 6.45) is 4.91. The number of amides is 2. The van der Waals surface area contributed by atoms with E-state index in [1.54, 1.807) is 6.20 Å². The molecule has 110 valence electrons. The highest BCUT2D eigenvalue weighted by Crippen LogP contribution is 2.24. The Morgan fingerprint density at radius 2 is 2.10 bits per heavy atom. The molecule has 0 radical (unpaired) electrons. The van der Waals surface area contributed by atoms with Gasteiger partial charge >= 0.3 is 0 Å². The van der Waals surface area contributed by atoms with E-state index in [1.807, 2.05) is 29.6 Å². The van der Waals surface area contributed by atoms with Crippen LogP contribution in [0.4, 0.5) is 0 Å². The number of thioether (sulfide) groups is 1. The van der Waals surface area contributed by atoms with Gasteiger partial charge in [0.05, 0.1) is 5.25 Å². The van der Waals surface area contributed by atoms with Crippen molar-refractivity contribution >= 4 is 23.6 Å². The molecule has 0 aliphatic carbocycles. The quantitative estimate of drug-likeness (QED) is 0.826. The molecule has 1 aromatic heterocycles. The zero-order valence-corrected chi connectivity index (χ0v) is 12.6. The molecule has 1 atom stereocenters. The smallest absolute Gasteiger partial charge is 0.235 e. The number of imidazole rings is 1. The molecule has 1 fully saturated rings. The van der Waals surface area contributed by atoms with Gasteiger partial charge in [0.15, 0.2) is 5.16 Å². The van der Waals surface area contributed by atoms with Crippen molar-refractivity contribution < 1.29 is 9.59 Å². The standard InChI is InChI=1S/C13H20N4O2S/c1-9(20-13-15-5-8-16(13)2)12(19)17-6-3-10(4-7-17)11(14)18/h5,8-10H,3-4,6-7H2,1-2H3,(H2,14,18). The van der Waals surface area contributed by atoms with Crippen molar-refractivity contribution in [2.24, 2.45) is 18.7 Å². The maximum Gasteiger partial charge on any atom is 0.235 e. The lowest BCUT2D eigenvalue weighted by molar-refractivity contribution is -0.134. The summed E-state index contributed by atoms with van der Waals surface area (Å²) in [4.78, 5) is 29.5. The van der Waals surface area contributed by atoms with Crippen LogP contribution in [-0.2, 0) is 16.6 Å². The number of nitrogens with two attached hydrogens (primary N) is 1. The lowest BCUT2D eigenvalue weighted by atomic mass is 9.96. The van der Waals surface area contributed by atoms with Gasteiger partial charge in [-0.25, -0.2) is 4.98 Å². The lowest BCUT2D eigenvalue weighted by Gasteiger charge is -2.32. The second-order valence-corrected chi connectivity index (χ2v) is 6.39. The van der Waals surface area contributed by atoms with E-state index in [-0.39, 0.29) is 23.0 Å². The largest absolute Gasteiger partial charge is 0.369 e. The molecule has 1 aliphatic rings. The van der Waals surface area contributed by atoms with Crippen LogP contribution in [0.15, 0.2) is 17.6 Å². The number of carbonyl (C=O) groups is 2. The number of hydrogen-bond acceptors (Lipinski definition) is 4. The summed E-state index contributed by atoms with van der Waals surface area (Å²) in [7, 11) is 1.91. The number of hydrogen-bond donors (Lipinski definition) is 1. The van der Waals surface area contributed by atoms with Crippen LogP contribution in [0, 0.1) is 5.92 Å². The van der Waals surface area contributed by atoms with Gasteiger partial charge in [-0.2, -0.15) is 0 Å². The minimum atomic E-state index is -0.257. The first-order valence-electron chi connectivity index (χ1n) is 6.71. The second kappa shape index (κ2) is 6.30. The Hall–Kier alpha value is -1.50. The van der Waals surface area contributed by atoms with E-state index in [0.29, 0.717) is 25.9 Å². The van der Waals surface area contributed by atoms with Crippen molar-refractivity contribution in [3.05, 3.63) is 12.4 Å². The molecular formula is C13H20N4O2S. The van der Waals surface area contributed by atoms with Gasteiger partial charge in [-0.05, 0) is 19.8 Å². The monoisotopic (exact) mass is 296 g/mol. The van der Waals surface area contributed by atoms with E-state index in [2.05, 4.69) is 4.98 Å². The van der Waals surface area contributed by atoms with Crippen LogP contribution < -0.4 is 5.73 Å². The summed E-state index contributed by atoms with van der Waals surface area (Å²) in [6, 6.07) is 0. The predicted octanol–water partition coefficient (Wildman–Crippen LogP) is 0.625. The SMILES string of the molecule is CC(Sc1nccn1C)C(=O)N1CCC(C(N)=O)CC1. The summed E-state index contributed by atoms with van der Waals surface area (Å²) in [5.74, 6) is -0.245. The molecule has 2 N–H and O–H groups in total. The summed E-state index contributed by atoms with van der Waals surface area (Å²) in [5, 5.41) is 0.652. The molecule has 1 unspecified atom stereocenters. The van der Waals surface area contributed by atoms with Crippen molar-refractivity contribution in [1.29, 1.82) is 0 Å². The number of nitrogens with zero attached hydrogens (tertiary/aromatic N) is 3. The molecule has 0 spiro atoms. The molecule has 2 amide bonds. The van der Waals surface area contributed by atoms with Crippen LogP contribution in [0.5, 0.6) is 0 Å². The van der Waals surface area contributed by atoms with Gasteiger partial charge in [-0.15, -0.1) is 0 Å². The fourth-order valence-electron chi connectivity index (χ4n) is 2.32. The number of primary amides is 1. The van der Waals surface area contributed by atoms with Gasteiger partial charge < -0.3 is 15.2 Å². The third-order valence-corrected chi connectivity index (χ3v) is 4.78. The Labute approximate surface area is 122 Å². The average molecular weight is 296 g/mol. The normalized spacial score (nSPS) is 18.0. The third-order valence-electron chi connectivity index (χ3n) is 3.62. The topological polar surface area (TPSA) is 81.2 Å². The second-order valence-electron chi connectivity index (χ2n) is 5.08. The zero-order valence-electron chi connectivity index (χ0n) is 11.8. The molecule has 0 aromatic carbocycles. The van der Waals surface area contributed by atoms with Gasteiger partial charge in [0.2, 0.25) is 11.8 Å². The van der Waals surface area contributed by atoms with E-state index < -0.39 is 0 Å². The van der Waals surface area contributed by atoms with Gasteiger partial charge in [0.25, 0.3) is 0 Å². The van der Waals surface area contributed by atoms with Crippen molar-refractivity contribution in [1.82, 2.24) is 14.5 Å². The first-order valence-corrected chi connectivity index (χ1v) is 7.59. The number of piperidine rings is 1. The lowest BCUT2D eigenvalue weighted by Crippen LogP contribution is -2.44. The Bertz CT molecular complexity index is 494. The summed E-state index contributed by atoms with van der Waals surface area (Å²) in [5.41, 5.74) is 5.30. The fraction of sp³-hybridized carbons (Fsp3) is 0.615. The van der Waals surface area contributed by atoms with E-state index in [0.717, 1.165) is 5.16 Å². The number of carbonyl (C=O) groups excluding carboxylic acids is 2. The summed E-state index contributed by atoms with van der Waals surface area (Å²) in [6.45, 7) is 3.11. The average Bonchev–Trinajstić information content (AvgIpc) is 2.83. The van der Waals surface area contributed by atoms with Gasteiger partial charge in [-0.3, -0.25) is 9.59 Å². The number of aryl methyl sites for hydroxylation is 1.